The molecule has 9 aromatic rings. The van der Waals surface area contributed by atoms with Gasteiger partial charge in [0.05, 0.1) is 22.3 Å². The first kappa shape index (κ1) is 38.3. The number of hydrogen-bond acceptors (Lipinski definition) is 2. The fourth-order valence-corrected chi connectivity index (χ4v) is 9.15. The first-order valence-electron chi connectivity index (χ1n) is 23.2. The summed E-state index contributed by atoms with van der Waals surface area (Å²) in [5.41, 5.74) is 12.4. The lowest BCUT2D eigenvalue weighted by Crippen LogP contribution is -2.16. The van der Waals surface area contributed by atoms with Gasteiger partial charge >= 0.3 is 0 Å². The van der Waals surface area contributed by atoms with Crippen LogP contribution in [0, 0.1) is 5.41 Å². The van der Waals surface area contributed by atoms with Gasteiger partial charge in [-0.05, 0) is 131 Å². The Morgan fingerprint density at radius 3 is 1.84 bits per heavy atom. The van der Waals surface area contributed by atoms with Crippen molar-refractivity contribution in [1.29, 1.82) is 0 Å². The van der Waals surface area contributed by atoms with Crippen LogP contribution in [0.5, 0.6) is 0 Å². The number of rotatable bonds is 6. The first-order chi connectivity index (χ1) is 29.5. The molecule has 0 N–H and O–H groups in total. The van der Waals surface area contributed by atoms with Crippen molar-refractivity contribution < 1.29 is 7.16 Å². The molecule has 0 atom stereocenters. The van der Waals surface area contributed by atoms with Gasteiger partial charge in [0.15, 0.2) is 0 Å². The molecule has 0 amide bonds. The molecule has 3 nitrogen and oxygen atoms in total. The van der Waals surface area contributed by atoms with E-state index in [1.807, 2.05) is 39.0 Å². The van der Waals surface area contributed by atoms with Crippen LogP contribution in [0.25, 0.3) is 82.7 Å². The maximum atomic E-state index is 9.78. The van der Waals surface area contributed by atoms with Crippen molar-refractivity contribution >= 4 is 54.5 Å². The summed E-state index contributed by atoms with van der Waals surface area (Å²) in [6, 6.07) is 41.7. The molecule has 2 aromatic heterocycles. The van der Waals surface area contributed by atoms with Gasteiger partial charge in [-0.15, -0.1) is 0 Å². The number of aromatic nitrogens is 2. The third-order valence-electron chi connectivity index (χ3n) is 12.4. The van der Waals surface area contributed by atoms with E-state index >= 15 is 0 Å². The van der Waals surface area contributed by atoms with E-state index in [1.54, 1.807) is 0 Å². The summed E-state index contributed by atoms with van der Waals surface area (Å²) in [4.78, 5) is 5.53. The largest absolute Gasteiger partial charge is 0.455 e. The molecule has 0 aliphatic rings. The Hall–Kier alpha value is -5.67. The van der Waals surface area contributed by atoms with E-state index in [4.69, 9.17) is 9.40 Å². The topological polar surface area (TPSA) is 31.0 Å². The average Bonchev–Trinajstić information content (AvgIpc) is 3.79. The van der Waals surface area contributed by atoms with E-state index in [2.05, 4.69) is 171 Å². The molecule has 0 spiro atoms. The molecule has 0 fully saturated rings. The van der Waals surface area contributed by atoms with Crippen molar-refractivity contribution in [1.82, 2.24) is 9.55 Å². The van der Waals surface area contributed by atoms with Gasteiger partial charge in [-0.1, -0.05) is 169 Å². The van der Waals surface area contributed by atoms with Gasteiger partial charge in [-0.2, -0.15) is 0 Å². The molecule has 3 heteroatoms. The van der Waals surface area contributed by atoms with Crippen LogP contribution in [0.1, 0.15) is 132 Å². The molecule has 61 heavy (non-hydrogen) atoms. The zero-order valence-corrected chi connectivity index (χ0v) is 38.4. The molecule has 0 bridgehead atoms. The highest BCUT2D eigenvalue weighted by molar-refractivity contribution is 6.17. The van der Waals surface area contributed by atoms with Gasteiger partial charge in [0.2, 0.25) is 0 Å². The summed E-state index contributed by atoms with van der Waals surface area (Å²) in [5.74, 6) is 1.00. The zero-order valence-electron chi connectivity index (χ0n) is 40.4. The molecule has 0 unspecified atom stereocenters. The molecule has 0 aliphatic heterocycles. The maximum Gasteiger partial charge on any atom is 0.149 e. The number of hydrogen-bond donors (Lipinski definition) is 0. The lowest BCUT2D eigenvalue weighted by Gasteiger charge is -2.28. The minimum Gasteiger partial charge on any atom is -0.455 e. The van der Waals surface area contributed by atoms with Crippen LogP contribution in [-0.2, 0) is 17.2 Å². The van der Waals surface area contributed by atoms with E-state index in [1.165, 1.54) is 49.5 Å². The molecule has 9 rings (SSSR count). The van der Waals surface area contributed by atoms with Crippen molar-refractivity contribution in [3.05, 3.63) is 143 Å². The van der Waals surface area contributed by atoms with E-state index in [-0.39, 0.29) is 22.7 Å². The van der Waals surface area contributed by atoms with Crippen molar-refractivity contribution in [3.8, 4) is 28.2 Å². The summed E-state index contributed by atoms with van der Waals surface area (Å²) < 4.78 is 28.9. The van der Waals surface area contributed by atoms with E-state index in [0.717, 1.165) is 55.4 Å². The standard InChI is InChI=1S/C58H62N2O/c1-34(2)46-29-40(39-26-41(57(8,9)10)31-42(27-39)58(11,12)13)30-47(35(3)4)53(46)60-52-38(33-56(5,6)7)19-16-23-50(52)59-55(60)45-22-17-21-44-49-28-37-25-24-36-18-14-15-20-43(36)48(37)32-51(49)61-54(44)45/h14-32,34-35H,33H2,1-13H3/i33D2. The van der Waals surface area contributed by atoms with Gasteiger partial charge in [-0.3, -0.25) is 4.57 Å². The van der Waals surface area contributed by atoms with Crippen molar-refractivity contribution in [2.75, 3.05) is 0 Å². The third-order valence-corrected chi connectivity index (χ3v) is 12.4. The fraction of sp³-hybridized carbons (Fsp3) is 0.328. The normalized spacial score (nSPS) is 13.8. The second kappa shape index (κ2) is 14.5. The third kappa shape index (κ3) is 7.24. The summed E-state index contributed by atoms with van der Waals surface area (Å²) in [5, 5.41) is 6.81. The van der Waals surface area contributed by atoms with E-state index in [0.29, 0.717) is 5.56 Å². The van der Waals surface area contributed by atoms with Crippen LogP contribution in [0.2, 0.25) is 0 Å². The van der Waals surface area contributed by atoms with Gasteiger partial charge in [0.1, 0.15) is 17.0 Å². The van der Waals surface area contributed by atoms with E-state index < -0.39 is 11.8 Å². The predicted molar refractivity (Wildman–Crippen MR) is 263 cm³/mol. The molecule has 310 valence electrons. The molecule has 0 saturated heterocycles. The van der Waals surface area contributed by atoms with Crippen LogP contribution in [0.4, 0.5) is 0 Å². The summed E-state index contributed by atoms with van der Waals surface area (Å²) in [6.45, 7) is 28.9. The van der Waals surface area contributed by atoms with Crippen molar-refractivity contribution in [2.24, 2.45) is 5.41 Å². The number of para-hydroxylation sites is 2. The Morgan fingerprint density at radius 2 is 1.20 bits per heavy atom. The van der Waals surface area contributed by atoms with Crippen molar-refractivity contribution in [2.45, 2.75) is 119 Å². The Bertz CT molecular complexity index is 3200. The monoisotopic (exact) mass is 804 g/mol. The zero-order chi connectivity index (χ0) is 45.1. The predicted octanol–water partition coefficient (Wildman–Crippen LogP) is 17.0. The quantitative estimate of drug-likeness (QED) is 0.157. The van der Waals surface area contributed by atoms with Crippen LogP contribution >= 0.6 is 0 Å². The fourth-order valence-electron chi connectivity index (χ4n) is 9.15. The van der Waals surface area contributed by atoms with Gasteiger partial charge in [0, 0.05) is 13.5 Å². The molecule has 7 aromatic carbocycles. The SMILES string of the molecule is [2H]C([2H])(c1cccc2nc(-c3cccc4c3oc3cc5c(ccc6ccccc65)cc34)n(-c3c(C(C)C)cc(-c4cc(C(C)(C)C)cc(C(C)(C)C)c4)cc3C(C)C)c12)C(C)(C)C. The molecular formula is C58H62N2O. The number of furan rings is 1. The number of benzene rings is 7. The Morgan fingerprint density at radius 1 is 0.590 bits per heavy atom. The minimum atomic E-state index is -1.69. The van der Waals surface area contributed by atoms with Crippen LogP contribution in [-0.4, -0.2) is 9.55 Å². The smallest absolute Gasteiger partial charge is 0.149 e. The summed E-state index contributed by atoms with van der Waals surface area (Å²) in [7, 11) is 0. The molecule has 0 saturated carbocycles. The highest BCUT2D eigenvalue weighted by atomic mass is 16.3. The van der Waals surface area contributed by atoms with E-state index in [9.17, 15) is 2.74 Å². The van der Waals surface area contributed by atoms with Gasteiger partial charge < -0.3 is 4.42 Å². The molecule has 2 heterocycles. The highest BCUT2D eigenvalue weighted by Gasteiger charge is 2.29. The number of imidazole rings is 1. The van der Waals surface area contributed by atoms with Gasteiger partial charge in [0.25, 0.3) is 0 Å². The van der Waals surface area contributed by atoms with Crippen molar-refractivity contribution in [3.63, 3.8) is 0 Å². The Labute approximate surface area is 365 Å². The van der Waals surface area contributed by atoms with Crippen LogP contribution in [0.3, 0.4) is 0 Å². The highest BCUT2D eigenvalue weighted by Crippen LogP contribution is 2.45. The van der Waals surface area contributed by atoms with Crippen LogP contribution < -0.4 is 0 Å². The number of nitrogens with zero attached hydrogens (tertiary/aromatic N) is 2. The minimum absolute atomic E-state index is 0.0248. The number of fused-ring (bicyclic) bond motifs is 7. The average molecular weight is 805 g/mol. The molecular weight excluding hydrogens is 741 g/mol. The summed E-state index contributed by atoms with van der Waals surface area (Å²) >= 11 is 0. The second-order valence-corrected chi connectivity index (χ2v) is 21.1. The van der Waals surface area contributed by atoms with Crippen LogP contribution in [0.15, 0.2) is 120 Å². The second-order valence-electron chi connectivity index (χ2n) is 21.1. The molecule has 0 radical (unpaired) electrons. The lowest BCUT2D eigenvalue weighted by atomic mass is 9.78. The lowest BCUT2D eigenvalue weighted by molar-refractivity contribution is 0.412. The maximum absolute atomic E-state index is 9.78. The Kier molecular flexibility index (Phi) is 9.08. The first-order valence-corrected chi connectivity index (χ1v) is 22.2. The van der Waals surface area contributed by atoms with Gasteiger partial charge in [-0.25, -0.2) is 4.98 Å². The molecule has 0 aliphatic carbocycles. The Balaban J connectivity index is 1.40. The summed E-state index contributed by atoms with van der Waals surface area (Å²) in [6.07, 6.45) is -1.69.